The van der Waals surface area contributed by atoms with Gasteiger partial charge in [-0.3, -0.25) is 9.69 Å². The standard InChI is InChI=1S/C15H26N4O2/c1-12(19-9-6-4-5-7-10-19)15(20)18(3)11-8-14-16-13(2)21-17-14/h12H,4-11H2,1-3H3/t12-/m1/s1. The Balaban J connectivity index is 1.82. The number of carbonyl (C=O) groups is 1. The van der Waals surface area contributed by atoms with Crippen LogP contribution in [0.1, 0.15) is 44.3 Å². The molecule has 1 aliphatic rings. The van der Waals surface area contributed by atoms with Crippen LogP contribution in [-0.4, -0.2) is 58.6 Å². The van der Waals surface area contributed by atoms with E-state index in [2.05, 4.69) is 15.0 Å². The summed E-state index contributed by atoms with van der Waals surface area (Å²) in [5.74, 6) is 1.41. The van der Waals surface area contributed by atoms with E-state index in [1.165, 1.54) is 25.7 Å². The highest BCUT2D eigenvalue weighted by Crippen LogP contribution is 2.13. The molecule has 21 heavy (non-hydrogen) atoms. The molecule has 1 aromatic heterocycles. The maximum absolute atomic E-state index is 12.5. The Morgan fingerprint density at radius 2 is 2.00 bits per heavy atom. The quantitative estimate of drug-likeness (QED) is 0.826. The molecule has 1 amide bonds. The van der Waals surface area contributed by atoms with Crippen molar-refractivity contribution in [1.82, 2.24) is 19.9 Å². The van der Waals surface area contributed by atoms with Crippen molar-refractivity contribution in [2.24, 2.45) is 0 Å². The zero-order valence-corrected chi connectivity index (χ0v) is 13.3. The number of rotatable bonds is 5. The topological polar surface area (TPSA) is 62.5 Å². The number of likely N-dealkylation sites (tertiary alicyclic amines) is 1. The first kappa shape index (κ1) is 15.9. The lowest BCUT2D eigenvalue weighted by molar-refractivity contribution is -0.135. The van der Waals surface area contributed by atoms with Gasteiger partial charge in [0.25, 0.3) is 0 Å². The zero-order chi connectivity index (χ0) is 15.2. The van der Waals surface area contributed by atoms with Gasteiger partial charge in [-0.2, -0.15) is 4.98 Å². The summed E-state index contributed by atoms with van der Waals surface area (Å²) >= 11 is 0. The molecule has 0 radical (unpaired) electrons. The van der Waals surface area contributed by atoms with Crippen molar-refractivity contribution in [3.8, 4) is 0 Å². The molecule has 6 heteroatoms. The number of nitrogens with zero attached hydrogens (tertiary/aromatic N) is 4. The smallest absolute Gasteiger partial charge is 0.239 e. The van der Waals surface area contributed by atoms with Crippen molar-refractivity contribution in [3.63, 3.8) is 0 Å². The van der Waals surface area contributed by atoms with E-state index >= 15 is 0 Å². The second-order valence-electron chi connectivity index (χ2n) is 5.87. The predicted octanol–water partition coefficient (Wildman–Crippen LogP) is 1.64. The molecular formula is C15H26N4O2. The second-order valence-corrected chi connectivity index (χ2v) is 5.87. The van der Waals surface area contributed by atoms with Crippen molar-refractivity contribution in [2.45, 2.75) is 52.0 Å². The molecule has 0 saturated carbocycles. The van der Waals surface area contributed by atoms with E-state index in [0.717, 1.165) is 13.1 Å². The summed E-state index contributed by atoms with van der Waals surface area (Å²) in [7, 11) is 1.85. The third-order valence-electron chi connectivity index (χ3n) is 4.16. The average Bonchev–Trinajstić information content (AvgIpc) is 2.74. The third kappa shape index (κ3) is 4.52. The van der Waals surface area contributed by atoms with E-state index in [-0.39, 0.29) is 11.9 Å². The molecule has 6 nitrogen and oxygen atoms in total. The first-order valence-electron chi connectivity index (χ1n) is 7.86. The van der Waals surface area contributed by atoms with Crippen LogP contribution in [0.2, 0.25) is 0 Å². The van der Waals surface area contributed by atoms with Crippen LogP contribution >= 0.6 is 0 Å². The number of hydrogen-bond acceptors (Lipinski definition) is 5. The molecule has 0 unspecified atom stereocenters. The maximum Gasteiger partial charge on any atom is 0.239 e. The van der Waals surface area contributed by atoms with Crippen LogP contribution in [0.15, 0.2) is 4.52 Å². The number of aromatic nitrogens is 2. The summed E-state index contributed by atoms with van der Waals surface area (Å²) < 4.78 is 4.94. The molecule has 0 aliphatic carbocycles. The maximum atomic E-state index is 12.5. The van der Waals surface area contributed by atoms with Crippen LogP contribution < -0.4 is 0 Å². The number of likely N-dealkylation sites (N-methyl/N-ethyl adjacent to an activating group) is 1. The molecule has 0 spiro atoms. The lowest BCUT2D eigenvalue weighted by atomic mass is 10.2. The minimum absolute atomic E-state index is 0.0416. The highest BCUT2D eigenvalue weighted by molar-refractivity contribution is 5.81. The van der Waals surface area contributed by atoms with Crippen molar-refractivity contribution in [3.05, 3.63) is 11.7 Å². The summed E-state index contributed by atoms with van der Waals surface area (Å²) in [5.41, 5.74) is 0. The number of hydrogen-bond donors (Lipinski definition) is 0. The van der Waals surface area contributed by atoms with Gasteiger partial charge in [0, 0.05) is 26.9 Å². The third-order valence-corrected chi connectivity index (χ3v) is 4.16. The molecule has 2 heterocycles. The van der Waals surface area contributed by atoms with Gasteiger partial charge in [0.2, 0.25) is 11.8 Å². The highest BCUT2D eigenvalue weighted by atomic mass is 16.5. The number of aryl methyl sites for hydroxylation is 1. The molecule has 0 aromatic carbocycles. The summed E-state index contributed by atoms with van der Waals surface area (Å²) in [4.78, 5) is 20.8. The van der Waals surface area contributed by atoms with Crippen molar-refractivity contribution in [2.75, 3.05) is 26.7 Å². The Morgan fingerprint density at radius 1 is 1.33 bits per heavy atom. The van der Waals surface area contributed by atoms with Crippen LogP contribution in [0, 0.1) is 6.92 Å². The zero-order valence-electron chi connectivity index (χ0n) is 13.3. The van der Waals surface area contributed by atoms with Crippen molar-refractivity contribution < 1.29 is 9.32 Å². The minimum atomic E-state index is -0.0416. The van der Waals surface area contributed by atoms with E-state index in [1.54, 1.807) is 11.8 Å². The van der Waals surface area contributed by atoms with Gasteiger partial charge >= 0.3 is 0 Å². The summed E-state index contributed by atoms with van der Waals surface area (Å²) in [5, 5.41) is 3.86. The van der Waals surface area contributed by atoms with Gasteiger partial charge < -0.3 is 9.42 Å². The number of amides is 1. The molecule has 1 atom stereocenters. The van der Waals surface area contributed by atoms with E-state index in [9.17, 15) is 4.79 Å². The van der Waals surface area contributed by atoms with E-state index in [1.807, 2.05) is 14.0 Å². The van der Waals surface area contributed by atoms with Gasteiger partial charge in [-0.05, 0) is 32.9 Å². The molecule has 1 aromatic rings. The fourth-order valence-corrected chi connectivity index (χ4v) is 2.78. The molecule has 1 saturated heterocycles. The molecule has 2 rings (SSSR count). The monoisotopic (exact) mass is 294 g/mol. The van der Waals surface area contributed by atoms with Crippen molar-refractivity contribution in [1.29, 1.82) is 0 Å². The Hall–Kier alpha value is -1.43. The van der Waals surface area contributed by atoms with Crippen LogP contribution in [0.4, 0.5) is 0 Å². The van der Waals surface area contributed by atoms with Crippen LogP contribution in [-0.2, 0) is 11.2 Å². The highest BCUT2D eigenvalue weighted by Gasteiger charge is 2.24. The lowest BCUT2D eigenvalue weighted by Gasteiger charge is -2.30. The Bertz CT molecular complexity index is 452. The summed E-state index contributed by atoms with van der Waals surface area (Å²) in [6, 6.07) is -0.0416. The minimum Gasteiger partial charge on any atom is -0.344 e. The first-order chi connectivity index (χ1) is 10.1. The molecule has 1 aliphatic heterocycles. The predicted molar refractivity (Wildman–Crippen MR) is 79.9 cm³/mol. The lowest BCUT2D eigenvalue weighted by Crippen LogP contribution is -2.46. The SMILES string of the molecule is Cc1nc(CCN(C)C(=O)[C@@H](C)N2CCCCCC2)no1. The largest absolute Gasteiger partial charge is 0.344 e. The van der Waals surface area contributed by atoms with Crippen LogP contribution in [0.3, 0.4) is 0 Å². The van der Waals surface area contributed by atoms with Crippen LogP contribution in [0.5, 0.6) is 0 Å². The summed E-state index contributed by atoms with van der Waals surface area (Å²) in [6.45, 7) is 6.47. The fourth-order valence-electron chi connectivity index (χ4n) is 2.78. The molecule has 1 fully saturated rings. The Labute approximate surface area is 126 Å². The van der Waals surface area contributed by atoms with Gasteiger partial charge in [0.15, 0.2) is 5.82 Å². The fraction of sp³-hybridized carbons (Fsp3) is 0.800. The van der Waals surface area contributed by atoms with Gasteiger partial charge in [0.1, 0.15) is 0 Å². The average molecular weight is 294 g/mol. The molecule has 118 valence electrons. The van der Waals surface area contributed by atoms with E-state index in [0.29, 0.717) is 24.7 Å². The van der Waals surface area contributed by atoms with Gasteiger partial charge in [-0.1, -0.05) is 18.0 Å². The molecular weight excluding hydrogens is 268 g/mol. The second kappa shape index (κ2) is 7.54. The van der Waals surface area contributed by atoms with Gasteiger partial charge in [-0.15, -0.1) is 0 Å². The Morgan fingerprint density at radius 3 is 2.57 bits per heavy atom. The van der Waals surface area contributed by atoms with E-state index < -0.39 is 0 Å². The van der Waals surface area contributed by atoms with Crippen LogP contribution in [0.25, 0.3) is 0 Å². The summed E-state index contributed by atoms with van der Waals surface area (Å²) in [6.07, 6.45) is 5.59. The molecule has 0 N–H and O–H groups in total. The van der Waals surface area contributed by atoms with E-state index in [4.69, 9.17) is 4.52 Å². The van der Waals surface area contributed by atoms with Gasteiger partial charge in [-0.25, -0.2) is 0 Å². The van der Waals surface area contributed by atoms with Crippen molar-refractivity contribution >= 4 is 5.91 Å². The molecule has 0 bridgehead atoms. The number of carbonyl (C=O) groups excluding carboxylic acids is 1. The normalized spacial score (nSPS) is 18.2. The van der Waals surface area contributed by atoms with Gasteiger partial charge in [0.05, 0.1) is 6.04 Å². The Kier molecular flexibility index (Phi) is 5.73. The first-order valence-corrected chi connectivity index (χ1v) is 7.86.